The highest BCUT2D eigenvalue weighted by Gasteiger charge is 2.38. The van der Waals surface area contributed by atoms with Crippen LogP contribution in [0.5, 0.6) is 0 Å². The minimum atomic E-state index is 0.154. The normalized spacial score (nSPS) is 19.9. The van der Waals surface area contributed by atoms with Crippen LogP contribution in [-0.2, 0) is 16.8 Å². The first-order chi connectivity index (χ1) is 13.6. The number of piperazine rings is 1. The zero-order valence-corrected chi connectivity index (χ0v) is 17.5. The number of carbonyl (C=O) groups excluding carboxylic acids is 1. The van der Waals surface area contributed by atoms with Gasteiger partial charge in [0.1, 0.15) is 0 Å². The van der Waals surface area contributed by atoms with Crippen LogP contribution in [0.4, 0.5) is 0 Å². The van der Waals surface area contributed by atoms with E-state index >= 15 is 0 Å². The summed E-state index contributed by atoms with van der Waals surface area (Å²) in [6, 6.07) is 10.7. The van der Waals surface area contributed by atoms with Crippen molar-refractivity contribution in [2.45, 2.75) is 38.1 Å². The van der Waals surface area contributed by atoms with Crippen LogP contribution in [0.25, 0.3) is 0 Å². The third kappa shape index (κ3) is 4.62. The van der Waals surface area contributed by atoms with Crippen molar-refractivity contribution in [2.24, 2.45) is 0 Å². The van der Waals surface area contributed by atoms with E-state index in [1.54, 1.807) is 11.3 Å². The summed E-state index contributed by atoms with van der Waals surface area (Å²) in [6.07, 6.45) is 3.60. The van der Waals surface area contributed by atoms with Crippen molar-refractivity contribution in [2.75, 3.05) is 39.3 Å². The fourth-order valence-electron chi connectivity index (χ4n) is 4.31. The van der Waals surface area contributed by atoms with Crippen LogP contribution in [0.3, 0.4) is 0 Å². The molecule has 4 rings (SSSR count). The van der Waals surface area contributed by atoms with Crippen LogP contribution in [-0.4, -0.2) is 60.0 Å². The molecular formula is C22H30N4OS. The maximum Gasteiger partial charge on any atom is 0.234 e. The van der Waals surface area contributed by atoms with E-state index < -0.39 is 0 Å². The number of thiazole rings is 1. The summed E-state index contributed by atoms with van der Waals surface area (Å²) in [6.45, 7) is 8.13. The van der Waals surface area contributed by atoms with Crippen molar-refractivity contribution in [3.8, 4) is 0 Å². The van der Waals surface area contributed by atoms with Gasteiger partial charge in [-0.25, -0.2) is 4.98 Å². The highest BCUT2D eigenvalue weighted by atomic mass is 32.1. The molecule has 6 heteroatoms. The molecule has 2 heterocycles. The summed E-state index contributed by atoms with van der Waals surface area (Å²) in [5.74, 6) is 0.158. The standard InChI is InChI=1S/C22H30N4OS/c1-18-24-20(16-28-18)14-25-10-12-26(13-11-25)15-21(27)23-17-22(8-5-9-22)19-6-3-2-4-7-19/h2-4,6-7,16H,5,8-15,17H2,1H3,(H,23,27). The molecule has 2 fully saturated rings. The lowest BCUT2D eigenvalue weighted by atomic mass is 9.64. The van der Waals surface area contributed by atoms with Crippen LogP contribution in [0.2, 0.25) is 0 Å². The van der Waals surface area contributed by atoms with Gasteiger partial charge in [0, 0.05) is 50.1 Å². The van der Waals surface area contributed by atoms with E-state index in [1.165, 1.54) is 30.5 Å². The second-order valence-electron chi connectivity index (χ2n) is 8.19. The summed E-state index contributed by atoms with van der Waals surface area (Å²) in [7, 11) is 0. The smallest absolute Gasteiger partial charge is 0.234 e. The van der Waals surface area contributed by atoms with Gasteiger partial charge < -0.3 is 5.32 Å². The highest BCUT2D eigenvalue weighted by molar-refractivity contribution is 7.09. The maximum atomic E-state index is 12.5. The second-order valence-corrected chi connectivity index (χ2v) is 9.25. The Bertz CT molecular complexity index is 779. The van der Waals surface area contributed by atoms with Gasteiger partial charge in [0.15, 0.2) is 0 Å². The molecule has 2 aromatic rings. The van der Waals surface area contributed by atoms with Gasteiger partial charge in [-0.05, 0) is 25.3 Å². The summed E-state index contributed by atoms with van der Waals surface area (Å²) in [4.78, 5) is 21.8. The van der Waals surface area contributed by atoms with E-state index in [9.17, 15) is 4.79 Å². The third-order valence-corrected chi connectivity index (χ3v) is 7.03. The molecule has 1 saturated heterocycles. The molecule has 0 spiro atoms. The number of rotatable bonds is 7. The van der Waals surface area contributed by atoms with Gasteiger partial charge in [-0.1, -0.05) is 36.8 Å². The lowest BCUT2D eigenvalue weighted by Gasteiger charge is -2.43. The fraction of sp³-hybridized carbons (Fsp3) is 0.545. The Balaban J connectivity index is 1.21. The number of nitrogens with one attached hydrogen (secondary N) is 1. The number of carbonyl (C=O) groups is 1. The van der Waals surface area contributed by atoms with Crippen molar-refractivity contribution >= 4 is 17.2 Å². The largest absolute Gasteiger partial charge is 0.354 e. The molecule has 1 saturated carbocycles. The minimum absolute atomic E-state index is 0.154. The van der Waals surface area contributed by atoms with E-state index in [4.69, 9.17) is 0 Å². The Morgan fingerprint density at radius 2 is 1.86 bits per heavy atom. The average Bonchev–Trinajstić information content (AvgIpc) is 3.08. The van der Waals surface area contributed by atoms with Crippen molar-refractivity contribution in [1.29, 1.82) is 0 Å². The van der Waals surface area contributed by atoms with E-state index in [0.717, 1.165) is 44.3 Å². The summed E-state index contributed by atoms with van der Waals surface area (Å²) < 4.78 is 0. The van der Waals surface area contributed by atoms with Gasteiger partial charge in [-0.3, -0.25) is 14.6 Å². The number of benzene rings is 1. The van der Waals surface area contributed by atoms with E-state index in [2.05, 4.69) is 62.7 Å². The second kappa shape index (κ2) is 8.72. The highest BCUT2D eigenvalue weighted by Crippen LogP contribution is 2.43. The lowest BCUT2D eigenvalue weighted by Crippen LogP contribution is -2.51. The molecule has 0 atom stereocenters. The molecule has 1 aromatic carbocycles. The maximum absolute atomic E-state index is 12.5. The average molecular weight is 399 g/mol. The predicted octanol–water partition coefficient (Wildman–Crippen LogP) is 2.81. The van der Waals surface area contributed by atoms with Gasteiger partial charge in [0.05, 0.1) is 17.2 Å². The monoisotopic (exact) mass is 398 g/mol. The molecule has 5 nitrogen and oxygen atoms in total. The van der Waals surface area contributed by atoms with Crippen LogP contribution in [0.1, 0.15) is 35.5 Å². The number of hydrogen-bond acceptors (Lipinski definition) is 5. The Labute approximate surface area is 171 Å². The lowest BCUT2D eigenvalue weighted by molar-refractivity contribution is -0.123. The number of nitrogens with zero attached hydrogens (tertiary/aromatic N) is 3. The van der Waals surface area contributed by atoms with Gasteiger partial charge in [-0.15, -0.1) is 11.3 Å². The molecule has 1 aromatic heterocycles. The summed E-state index contributed by atoms with van der Waals surface area (Å²) in [5, 5.41) is 6.50. The Kier molecular flexibility index (Phi) is 6.09. The predicted molar refractivity (Wildman–Crippen MR) is 114 cm³/mol. The molecule has 1 amide bonds. The molecule has 0 radical (unpaired) electrons. The van der Waals surface area contributed by atoms with E-state index in [0.29, 0.717) is 6.54 Å². The van der Waals surface area contributed by atoms with Crippen molar-refractivity contribution in [1.82, 2.24) is 20.1 Å². The number of aromatic nitrogens is 1. The molecule has 1 aliphatic heterocycles. The molecule has 0 bridgehead atoms. The Morgan fingerprint density at radius 1 is 1.14 bits per heavy atom. The van der Waals surface area contributed by atoms with E-state index in [1.807, 2.05) is 0 Å². The SMILES string of the molecule is Cc1nc(CN2CCN(CC(=O)NCC3(c4ccccc4)CCC3)CC2)cs1. The molecule has 150 valence electrons. The van der Waals surface area contributed by atoms with Crippen molar-refractivity contribution in [3.63, 3.8) is 0 Å². The minimum Gasteiger partial charge on any atom is -0.354 e. The zero-order chi connectivity index (χ0) is 19.4. The van der Waals surface area contributed by atoms with Gasteiger partial charge in [0.25, 0.3) is 0 Å². The van der Waals surface area contributed by atoms with Gasteiger partial charge in [0.2, 0.25) is 5.91 Å². The molecule has 0 unspecified atom stereocenters. The Hall–Kier alpha value is -1.76. The first-order valence-corrected chi connectivity index (χ1v) is 11.2. The van der Waals surface area contributed by atoms with Crippen LogP contribution in [0, 0.1) is 6.92 Å². The molecule has 2 aliphatic rings. The first kappa shape index (κ1) is 19.6. The fourth-order valence-corrected chi connectivity index (χ4v) is 4.91. The quantitative estimate of drug-likeness (QED) is 0.779. The Morgan fingerprint density at radius 3 is 2.46 bits per heavy atom. The van der Waals surface area contributed by atoms with Crippen molar-refractivity contribution in [3.05, 3.63) is 52.0 Å². The number of aryl methyl sites for hydroxylation is 1. The van der Waals surface area contributed by atoms with E-state index in [-0.39, 0.29) is 11.3 Å². The van der Waals surface area contributed by atoms with Crippen molar-refractivity contribution < 1.29 is 4.79 Å². The summed E-state index contributed by atoms with van der Waals surface area (Å²) in [5.41, 5.74) is 2.69. The third-order valence-electron chi connectivity index (χ3n) is 6.21. The molecular weight excluding hydrogens is 368 g/mol. The van der Waals surface area contributed by atoms with Crippen LogP contribution < -0.4 is 5.32 Å². The van der Waals surface area contributed by atoms with Gasteiger partial charge >= 0.3 is 0 Å². The zero-order valence-electron chi connectivity index (χ0n) is 16.7. The topological polar surface area (TPSA) is 48.5 Å². The van der Waals surface area contributed by atoms with Crippen LogP contribution >= 0.6 is 11.3 Å². The number of hydrogen-bond donors (Lipinski definition) is 1. The summed E-state index contributed by atoms with van der Waals surface area (Å²) >= 11 is 1.71. The number of amides is 1. The molecule has 1 aliphatic carbocycles. The molecule has 1 N–H and O–H groups in total. The molecule has 28 heavy (non-hydrogen) atoms. The van der Waals surface area contributed by atoms with Crippen LogP contribution in [0.15, 0.2) is 35.7 Å². The first-order valence-electron chi connectivity index (χ1n) is 10.3. The van der Waals surface area contributed by atoms with Gasteiger partial charge in [-0.2, -0.15) is 0 Å².